The van der Waals surface area contributed by atoms with Crippen LogP contribution in [-0.2, 0) is 4.79 Å². The third-order valence-corrected chi connectivity index (χ3v) is 5.22. The van der Waals surface area contributed by atoms with E-state index < -0.39 is 0 Å². The Labute approximate surface area is 190 Å². The normalized spacial score (nSPS) is 14.4. The summed E-state index contributed by atoms with van der Waals surface area (Å²) in [6, 6.07) is 8.46. The molecule has 0 aromatic carbocycles. The van der Waals surface area contributed by atoms with Gasteiger partial charge in [0.15, 0.2) is 5.82 Å². The van der Waals surface area contributed by atoms with Crippen molar-refractivity contribution in [1.29, 1.82) is 0 Å². The van der Waals surface area contributed by atoms with Gasteiger partial charge in [-0.05, 0) is 37.4 Å². The molecule has 0 bridgehead atoms. The van der Waals surface area contributed by atoms with E-state index in [2.05, 4.69) is 15.6 Å². The van der Waals surface area contributed by atoms with Crippen LogP contribution in [0.25, 0.3) is 11.3 Å². The molecule has 33 heavy (non-hydrogen) atoms. The Morgan fingerprint density at radius 2 is 1.88 bits per heavy atom. The number of hydrogen-bond donors (Lipinski definition) is 4. The molecule has 1 amide bonds. The summed E-state index contributed by atoms with van der Waals surface area (Å²) >= 11 is 0. The van der Waals surface area contributed by atoms with Crippen molar-refractivity contribution in [1.82, 2.24) is 14.9 Å². The third kappa shape index (κ3) is 5.14. The topological polar surface area (TPSA) is 159 Å². The van der Waals surface area contributed by atoms with Gasteiger partial charge in [-0.1, -0.05) is 0 Å². The van der Waals surface area contributed by atoms with Gasteiger partial charge in [0.25, 0.3) is 0 Å². The number of anilines is 5. The SMILES string of the molecule is CN1CCN(c2ccc(NCCNc3ccc(N([O-])O)c(N)n3)nc2-c2ccoc2)C(=O)C1. The average Bonchev–Trinajstić information content (AvgIpc) is 3.32. The first kappa shape index (κ1) is 22.3. The van der Waals surface area contributed by atoms with Crippen LogP contribution in [0.4, 0.5) is 28.8 Å². The molecule has 0 spiro atoms. The van der Waals surface area contributed by atoms with Gasteiger partial charge in [0.2, 0.25) is 5.91 Å². The zero-order valence-electron chi connectivity index (χ0n) is 18.1. The van der Waals surface area contributed by atoms with E-state index in [0.717, 1.165) is 17.8 Å². The molecule has 12 heteroatoms. The number of likely N-dealkylation sites (N-methyl/N-ethyl adjacent to an activating group) is 1. The number of nitrogens with zero attached hydrogens (tertiary/aromatic N) is 5. The molecule has 0 aliphatic carbocycles. The van der Waals surface area contributed by atoms with Crippen molar-refractivity contribution in [3.63, 3.8) is 0 Å². The summed E-state index contributed by atoms with van der Waals surface area (Å²) in [5.41, 5.74) is 7.73. The second-order valence-electron chi connectivity index (χ2n) is 7.59. The predicted molar refractivity (Wildman–Crippen MR) is 125 cm³/mol. The van der Waals surface area contributed by atoms with E-state index in [-0.39, 0.29) is 22.6 Å². The monoisotopic (exact) mass is 453 g/mol. The summed E-state index contributed by atoms with van der Waals surface area (Å²) in [6.07, 6.45) is 3.18. The first-order chi connectivity index (χ1) is 15.9. The highest BCUT2D eigenvalue weighted by Gasteiger charge is 2.26. The molecule has 1 aliphatic heterocycles. The third-order valence-electron chi connectivity index (χ3n) is 5.22. The number of piperazine rings is 1. The molecule has 1 fully saturated rings. The first-order valence-electron chi connectivity index (χ1n) is 10.4. The van der Waals surface area contributed by atoms with Gasteiger partial charge < -0.3 is 36.1 Å². The highest BCUT2D eigenvalue weighted by Crippen LogP contribution is 2.32. The fraction of sp³-hybridized carbons (Fsp3) is 0.286. The van der Waals surface area contributed by atoms with Crippen molar-refractivity contribution in [2.45, 2.75) is 0 Å². The lowest BCUT2D eigenvalue weighted by Crippen LogP contribution is -2.49. The predicted octanol–water partition coefficient (Wildman–Crippen LogP) is 1.81. The fourth-order valence-electron chi connectivity index (χ4n) is 3.53. The lowest BCUT2D eigenvalue weighted by Gasteiger charge is -2.33. The van der Waals surface area contributed by atoms with Crippen molar-refractivity contribution in [2.24, 2.45) is 0 Å². The largest absolute Gasteiger partial charge is 0.733 e. The molecule has 12 nitrogen and oxygen atoms in total. The molecule has 1 saturated heterocycles. The highest BCUT2D eigenvalue weighted by molar-refractivity contribution is 5.99. The molecule has 3 aromatic heterocycles. The van der Waals surface area contributed by atoms with Crippen molar-refractivity contribution in [2.75, 3.05) is 66.3 Å². The minimum atomic E-state index is -0.323. The molecule has 4 heterocycles. The van der Waals surface area contributed by atoms with Crippen LogP contribution in [0.15, 0.2) is 47.3 Å². The van der Waals surface area contributed by atoms with Crippen LogP contribution >= 0.6 is 0 Å². The van der Waals surface area contributed by atoms with Gasteiger partial charge in [-0.25, -0.2) is 9.97 Å². The Morgan fingerprint density at radius 1 is 1.15 bits per heavy atom. The minimum absolute atomic E-state index is 0.0271. The van der Waals surface area contributed by atoms with Gasteiger partial charge in [0, 0.05) is 31.7 Å². The molecule has 1 aliphatic rings. The van der Waals surface area contributed by atoms with Crippen molar-refractivity contribution < 1.29 is 14.4 Å². The van der Waals surface area contributed by atoms with Crippen molar-refractivity contribution >= 4 is 34.7 Å². The van der Waals surface area contributed by atoms with E-state index in [1.54, 1.807) is 23.5 Å². The summed E-state index contributed by atoms with van der Waals surface area (Å²) in [5, 5.41) is 25.9. The maximum Gasteiger partial charge on any atom is 0.241 e. The van der Waals surface area contributed by atoms with Crippen LogP contribution in [0.2, 0.25) is 0 Å². The number of amides is 1. The Balaban J connectivity index is 1.43. The number of carbonyl (C=O) groups excluding carboxylic acids is 1. The summed E-state index contributed by atoms with van der Waals surface area (Å²) in [6.45, 7) is 2.75. The van der Waals surface area contributed by atoms with Gasteiger partial charge >= 0.3 is 0 Å². The Kier molecular flexibility index (Phi) is 6.58. The molecular weight excluding hydrogens is 428 g/mol. The molecule has 3 aromatic rings. The number of nitrogens with two attached hydrogens (primary N) is 1. The Bertz CT molecular complexity index is 1110. The number of rotatable bonds is 8. The zero-order chi connectivity index (χ0) is 23.4. The smallest absolute Gasteiger partial charge is 0.241 e. The molecule has 5 N–H and O–H groups in total. The highest BCUT2D eigenvalue weighted by atomic mass is 16.8. The van der Waals surface area contributed by atoms with Crippen LogP contribution in [0.5, 0.6) is 0 Å². The van der Waals surface area contributed by atoms with E-state index >= 15 is 0 Å². The maximum atomic E-state index is 12.6. The maximum absolute atomic E-state index is 12.6. The lowest BCUT2D eigenvalue weighted by molar-refractivity contribution is -0.120. The van der Waals surface area contributed by atoms with Crippen LogP contribution in [-0.4, -0.2) is 65.8 Å². The molecule has 4 rings (SSSR count). The number of carbonyl (C=O) groups is 1. The molecular formula is C21H25N8O4-. The van der Waals surface area contributed by atoms with Gasteiger partial charge in [0.05, 0.1) is 36.1 Å². The van der Waals surface area contributed by atoms with Crippen LogP contribution in [0, 0.1) is 5.21 Å². The number of aromatic nitrogens is 2. The van der Waals surface area contributed by atoms with E-state index in [4.69, 9.17) is 20.3 Å². The summed E-state index contributed by atoms with van der Waals surface area (Å²) in [4.78, 5) is 25.1. The second-order valence-corrected chi connectivity index (χ2v) is 7.59. The summed E-state index contributed by atoms with van der Waals surface area (Å²) < 4.78 is 5.24. The standard InChI is InChI=1S/C21H25N8O4/c1-27-9-10-28(19(30)12-27)15-2-4-17(25-20(15)14-6-11-33-13-14)23-7-8-24-18-5-3-16(29(31)32)21(22)26-18/h2-6,11,13,31H,7-10,12H2,1H3,(H,23,25)(H3,22,24,26)/q-1. The average molecular weight is 453 g/mol. The van der Waals surface area contributed by atoms with Crippen LogP contribution in [0.1, 0.15) is 0 Å². The number of furan rings is 1. The van der Waals surface area contributed by atoms with Crippen molar-refractivity contribution in [3.8, 4) is 11.3 Å². The number of nitrogen functional groups attached to an aromatic ring is 1. The van der Waals surface area contributed by atoms with Crippen molar-refractivity contribution in [3.05, 3.63) is 48.1 Å². The van der Waals surface area contributed by atoms with E-state index in [9.17, 15) is 10.0 Å². The minimum Gasteiger partial charge on any atom is -0.733 e. The van der Waals surface area contributed by atoms with Gasteiger partial charge in [-0.15, -0.1) is 0 Å². The fourth-order valence-corrected chi connectivity index (χ4v) is 3.53. The molecule has 0 atom stereocenters. The second kappa shape index (κ2) is 9.73. The van der Waals surface area contributed by atoms with Gasteiger partial charge in [0.1, 0.15) is 11.6 Å². The number of hydrogen-bond acceptors (Lipinski definition) is 11. The lowest BCUT2D eigenvalue weighted by atomic mass is 10.1. The summed E-state index contributed by atoms with van der Waals surface area (Å²) in [5.74, 6) is 1.06. The Hall–Kier alpha value is -3.87. The quantitative estimate of drug-likeness (QED) is 0.291. The number of pyridine rings is 2. The molecule has 0 radical (unpaired) electrons. The van der Waals surface area contributed by atoms with E-state index in [0.29, 0.717) is 43.5 Å². The van der Waals surface area contributed by atoms with Crippen LogP contribution < -0.4 is 26.5 Å². The Morgan fingerprint density at radius 3 is 2.52 bits per heavy atom. The first-order valence-corrected chi connectivity index (χ1v) is 10.4. The molecule has 174 valence electrons. The number of nitrogens with one attached hydrogen (secondary N) is 2. The molecule has 0 unspecified atom stereocenters. The molecule has 0 saturated carbocycles. The van der Waals surface area contributed by atoms with Gasteiger partial charge in [-0.2, -0.15) is 0 Å². The van der Waals surface area contributed by atoms with E-state index in [1.807, 2.05) is 30.1 Å². The van der Waals surface area contributed by atoms with E-state index in [1.165, 1.54) is 6.07 Å². The van der Waals surface area contributed by atoms with Crippen LogP contribution in [0.3, 0.4) is 0 Å². The zero-order valence-corrected chi connectivity index (χ0v) is 18.1. The van der Waals surface area contributed by atoms with Gasteiger partial charge in [-0.3, -0.25) is 14.9 Å². The summed E-state index contributed by atoms with van der Waals surface area (Å²) in [7, 11) is 1.93.